The van der Waals surface area contributed by atoms with Gasteiger partial charge in [0.05, 0.1) is 17.1 Å². The molecule has 2 aromatic carbocycles. The molecule has 0 radical (unpaired) electrons. The third kappa shape index (κ3) is 6.91. The third-order valence-corrected chi connectivity index (χ3v) is 11.0. The molecule has 3 atom stereocenters. The molecule has 0 spiro atoms. The highest BCUT2D eigenvalue weighted by Gasteiger charge is 2.37. The van der Waals surface area contributed by atoms with Gasteiger partial charge in [-0.05, 0) is 76.4 Å². The number of likely N-dealkylation sites (tertiary alicyclic amines) is 1. The van der Waals surface area contributed by atoms with E-state index in [1.54, 1.807) is 20.4 Å². The molecule has 7 nitrogen and oxygen atoms in total. The summed E-state index contributed by atoms with van der Waals surface area (Å²) in [6, 6.07) is 4.46. The van der Waals surface area contributed by atoms with E-state index in [4.69, 9.17) is 11.6 Å². The molecular formula is C33H38ClF4N5O2S2. The first-order valence-corrected chi connectivity index (χ1v) is 16.9. The van der Waals surface area contributed by atoms with Crippen LogP contribution < -0.4 is 10.6 Å². The smallest absolute Gasteiger partial charge is 0.349 e. The van der Waals surface area contributed by atoms with Crippen LogP contribution in [0.15, 0.2) is 46.6 Å². The fourth-order valence-corrected chi connectivity index (χ4v) is 8.94. The van der Waals surface area contributed by atoms with E-state index in [0.29, 0.717) is 65.5 Å². The summed E-state index contributed by atoms with van der Waals surface area (Å²) in [4.78, 5) is 37.4. The van der Waals surface area contributed by atoms with Crippen LogP contribution in [-0.2, 0) is 4.79 Å². The van der Waals surface area contributed by atoms with Gasteiger partial charge in [0.25, 0.3) is 6.43 Å². The molecule has 0 bridgehead atoms. The molecule has 1 amide bonds. The van der Waals surface area contributed by atoms with E-state index < -0.39 is 23.7 Å². The number of carbonyl (C=O) groups is 1. The summed E-state index contributed by atoms with van der Waals surface area (Å²) < 4.78 is 56.7. The summed E-state index contributed by atoms with van der Waals surface area (Å²) in [5.74, 6) is -0.453. The van der Waals surface area contributed by atoms with Crippen LogP contribution in [0.25, 0.3) is 22.0 Å². The second kappa shape index (κ2) is 14.4. The first-order chi connectivity index (χ1) is 22.0. The number of piperidine rings is 1. The molecule has 0 N–H and O–H groups in total. The van der Waals surface area contributed by atoms with Gasteiger partial charge in [0, 0.05) is 64.4 Å². The minimum absolute atomic E-state index is 0. The number of anilines is 1. The Morgan fingerprint density at radius 2 is 1.87 bits per heavy atom. The Hall–Kier alpha value is -2.74. The molecule has 0 unspecified atom stereocenters. The van der Waals surface area contributed by atoms with Gasteiger partial charge in [0.15, 0.2) is 0 Å². The number of nitrogens with zero attached hydrogens (tertiary/aromatic N) is 5. The predicted octanol–water partition coefficient (Wildman–Crippen LogP) is 6.73. The van der Waals surface area contributed by atoms with Gasteiger partial charge < -0.3 is 9.80 Å². The second-order valence-corrected chi connectivity index (χ2v) is 14.0. The average Bonchev–Trinajstić information content (AvgIpc) is 3.01. The Bertz CT molecular complexity index is 1740. The third-order valence-electron chi connectivity index (χ3n) is 9.51. The van der Waals surface area contributed by atoms with Crippen molar-refractivity contribution in [3.8, 4) is 11.1 Å². The quantitative estimate of drug-likeness (QED) is 0.200. The predicted molar refractivity (Wildman–Crippen MR) is 184 cm³/mol. The maximum absolute atomic E-state index is 15.2. The normalized spacial score (nSPS) is 22.1. The van der Waals surface area contributed by atoms with E-state index in [0.717, 1.165) is 18.9 Å². The van der Waals surface area contributed by atoms with E-state index >= 15 is 4.39 Å². The zero-order valence-corrected chi connectivity index (χ0v) is 28.8. The number of amides is 1. The Morgan fingerprint density at radius 1 is 1.15 bits per heavy atom. The number of piperazine rings is 1. The van der Waals surface area contributed by atoms with Crippen molar-refractivity contribution in [2.24, 2.45) is 5.92 Å². The van der Waals surface area contributed by atoms with E-state index in [9.17, 15) is 22.8 Å². The fraction of sp³-hybridized carbons (Fsp3) is 0.485. The highest BCUT2D eigenvalue weighted by atomic mass is 35.5. The summed E-state index contributed by atoms with van der Waals surface area (Å²) in [5, 5.41) is 0.886. The summed E-state index contributed by atoms with van der Waals surface area (Å²) in [5.41, 5.74) is 0.681. The highest BCUT2D eigenvalue weighted by molar-refractivity contribution is 7.99. The standard InChI is InChI=1S/C33H36ClF4N5O2S.H2S/c1-4-28(44)41-14-19(3)42(15-18(41)2)32-24-13-25(34)29(23-6-5-21(35)12-26(23)36)31-30(24)43(33(45)39-32)22(17-46-31)11-20-7-9-40(10-8-20)16-27(37)38;/h4-6,12-13,18-20,22,27H,1,7-11,14-17H2,2-3H3;1H2/t18-,19+,22+;/m1./s1. The second-order valence-electron chi connectivity index (χ2n) is 12.6. The van der Waals surface area contributed by atoms with Crippen LogP contribution in [0.1, 0.15) is 39.2 Å². The monoisotopic (exact) mass is 711 g/mol. The average molecular weight is 712 g/mol. The maximum atomic E-state index is 15.2. The molecule has 0 aliphatic carbocycles. The lowest BCUT2D eigenvalue weighted by atomic mass is 9.90. The first kappa shape index (κ1) is 35.6. The van der Waals surface area contributed by atoms with Crippen molar-refractivity contribution < 1.29 is 22.4 Å². The topological polar surface area (TPSA) is 61.7 Å². The van der Waals surface area contributed by atoms with Gasteiger partial charge in [0.1, 0.15) is 17.5 Å². The molecule has 1 aromatic heterocycles. The molecule has 0 saturated carbocycles. The van der Waals surface area contributed by atoms with Crippen LogP contribution in [0, 0.1) is 17.6 Å². The molecule has 6 rings (SSSR count). The minimum atomic E-state index is -2.37. The lowest BCUT2D eigenvalue weighted by molar-refractivity contribution is -0.128. The van der Waals surface area contributed by atoms with Crippen molar-refractivity contribution in [3.63, 3.8) is 0 Å². The van der Waals surface area contributed by atoms with Crippen molar-refractivity contribution in [3.05, 3.63) is 64.1 Å². The van der Waals surface area contributed by atoms with Crippen LogP contribution in [0.2, 0.25) is 5.02 Å². The van der Waals surface area contributed by atoms with Crippen LogP contribution >= 0.6 is 36.9 Å². The van der Waals surface area contributed by atoms with Gasteiger partial charge in [-0.2, -0.15) is 18.5 Å². The number of hydrogen-bond donors (Lipinski definition) is 0. The number of hydrogen-bond acceptors (Lipinski definition) is 6. The Labute approximate surface area is 287 Å². The van der Waals surface area contributed by atoms with Crippen LogP contribution in [0.3, 0.4) is 0 Å². The van der Waals surface area contributed by atoms with Crippen molar-refractivity contribution in [2.45, 2.75) is 62.6 Å². The molecule has 4 heterocycles. The van der Waals surface area contributed by atoms with Crippen LogP contribution in [0.4, 0.5) is 23.4 Å². The van der Waals surface area contributed by atoms with Crippen molar-refractivity contribution in [1.29, 1.82) is 0 Å². The first-order valence-electron chi connectivity index (χ1n) is 15.5. The molecule has 2 fully saturated rings. The van der Waals surface area contributed by atoms with Crippen molar-refractivity contribution in [1.82, 2.24) is 19.4 Å². The fourth-order valence-electron chi connectivity index (χ4n) is 7.23. The van der Waals surface area contributed by atoms with Crippen molar-refractivity contribution >= 4 is 59.5 Å². The lowest BCUT2D eigenvalue weighted by Crippen LogP contribution is -2.58. The van der Waals surface area contributed by atoms with Gasteiger partial charge in [-0.3, -0.25) is 14.3 Å². The lowest BCUT2D eigenvalue weighted by Gasteiger charge is -2.45. The number of benzene rings is 2. The molecule has 3 aromatic rings. The summed E-state index contributed by atoms with van der Waals surface area (Å²) in [7, 11) is 0. The Balaban J connectivity index is 0.00000433. The molecule has 3 aliphatic heterocycles. The summed E-state index contributed by atoms with van der Waals surface area (Å²) in [6.07, 6.45) is 1.09. The summed E-state index contributed by atoms with van der Waals surface area (Å²) >= 11 is 8.40. The molecular weight excluding hydrogens is 674 g/mol. The van der Waals surface area contributed by atoms with E-state index in [2.05, 4.69) is 11.6 Å². The van der Waals surface area contributed by atoms with E-state index in [-0.39, 0.29) is 60.6 Å². The number of alkyl halides is 2. The number of thioether (sulfide) groups is 1. The van der Waals surface area contributed by atoms with Gasteiger partial charge in [-0.25, -0.2) is 22.4 Å². The van der Waals surface area contributed by atoms with Crippen LogP contribution in [-0.4, -0.2) is 82.2 Å². The molecule has 3 aliphatic rings. The zero-order valence-electron chi connectivity index (χ0n) is 26.2. The Kier molecular flexibility index (Phi) is 10.9. The van der Waals surface area contributed by atoms with Gasteiger partial charge in [-0.1, -0.05) is 18.2 Å². The SMILES string of the molecule is C=CC(=O)N1C[C@H](C)N(c2nc(=O)n3c4c(c(-c5ccc(F)cc5F)c(Cl)cc24)SC[C@@H]3CC2CCN(CC(F)F)CC2)C[C@H]1C.S. The maximum Gasteiger partial charge on any atom is 0.350 e. The van der Waals surface area contributed by atoms with Crippen LogP contribution in [0.5, 0.6) is 0 Å². The molecule has 2 saturated heterocycles. The zero-order chi connectivity index (χ0) is 32.9. The van der Waals surface area contributed by atoms with Crippen molar-refractivity contribution in [2.75, 3.05) is 43.4 Å². The molecule has 47 heavy (non-hydrogen) atoms. The number of carbonyl (C=O) groups excluding carboxylic acids is 1. The Morgan fingerprint density at radius 3 is 2.53 bits per heavy atom. The molecule has 14 heteroatoms. The number of halogens is 5. The summed E-state index contributed by atoms with van der Waals surface area (Å²) in [6.45, 7) is 9.25. The van der Waals surface area contributed by atoms with E-state index in [1.807, 2.05) is 18.7 Å². The largest absolute Gasteiger partial charge is 0.350 e. The van der Waals surface area contributed by atoms with Gasteiger partial charge in [0.2, 0.25) is 5.91 Å². The highest BCUT2D eigenvalue weighted by Crippen LogP contribution is 2.49. The van der Waals surface area contributed by atoms with E-state index in [1.165, 1.54) is 30.0 Å². The number of rotatable bonds is 7. The molecule has 254 valence electrons. The van der Waals surface area contributed by atoms with Gasteiger partial charge >= 0.3 is 5.69 Å². The van der Waals surface area contributed by atoms with Gasteiger partial charge in [-0.15, -0.1) is 11.8 Å². The minimum Gasteiger partial charge on any atom is -0.349 e. The number of aromatic nitrogens is 2.